The number of amides is 4. The lowest BCUT2D eigenvalue weighted by molar-refractivity contribution is -0.121. The predicted molar refractivity (Wildman–Crippen MR) is 185 cm³/mol. The molecule has 4 amide bonds. The van der Waals surface area contributed by atoms with Crippen LogP contribution in [0, 0.1) is 10.5 Å². The zero-order valence-electron chi connectivity index (χ0n) is 24.7. The third-order valence-corrected chi connectivity index (χ3v) is 8.22. The molecule has 0 saturated carbocycles. The SMILES string of the molecule is CCOc1cc(/C=C2\C(=O)N(c3ccc(C)cc3)C(=O)N(c3cccc4ccccc34)C2=O)cc(I)c1OCc1ccccc1. The van der Waals surface area contributed by atoms with Crippen LogP contribution in [0.4, 0.5) is 16.2 Å². The highest BCUT2D eigenvalue weighted by molar-refractivity contribution is 14.1. The van der Waals surface area contributed by atoms with Crippen molar-refractivity contribution in [3.63, 3.8) is 0 Å². The summed E-state index contributed by atoms with van der Waals surface area (Å²) in [6, 6.07) is 32.6. The van der Waals surface area contributed by atoms with Crippen molar-refractivity contribution >= 4 is 68.7 Å². The molecule has 0 aliphatic carbocycles. The highest BCUT2D eigenvalue weighted by Crippen LogP contribution is 2.37. The molecule has 0 N–H and O–H groups in total. The first kappa shape index (κ1) is 30.1. The molecule has 0 spiro atoms. The summed E-state index contributed by atoms with van der Waals surface area (Å²) in [5.74, 6) is -0.358. The number of halogens is 1. The number of ether oxygens (including phenoxy) is 2. The van der Waals surface area contributed by atoms with Crippen molar-refractivity contribution < 1.29 is 23.9 Å². The Labute approximate surface area is 274 Å². The Morgan fingerprint density at radius 2 is 1.44 bits per heavy atom. The lowest BCUT2D eigenvalue weighted by Crippen LogP contribution is -2.57. The number of nitrogens with zero attached hydrogens (tertiary/aromatic N) is 2. The molecule has 7 nitrogen and oxygen atoms in total. The summed E-state index contributed by atoms with van der Waals surface area (Å²) < 4.78 is 12.8. The highest BCUT2D eigenvalue weighted by atomic mass is 127. The topological polar surface area (TPSA) is 76.2 Å². The number of barbiturate groups is 1. The van der Waals surface area contributed by atoms with Crippen LogP contribution in [0.3, 0.4) is 0 Å². The minimum Gasteiger partial charge on any atom is -0.490 e. The van der Waals surface area contributed by atoms with E-state index in [0.717, 1.165) is 29.9 Å². The van der Waals surface area contributed by atoms with E-state index in [4.69, 9.17) is 9.47 Å². The van der Waals surface area contributed by atoms with Crippen LogP contribution in [0.15, 0.2) is 115 Å². The van der Waals surface area contributed by atoms with Crippen molar-refractivity contribution in [2.45, 2.75) is 20.5 Å². The third-order valence-electron chi connectivity index (χ3n) is 7.42. The molecule has 224 valence electrons. The maximum Gasteiger partial charge on any atom is 0.343 e. The smallest absolute Gasteiger partial charge is 0.343 e. The second kappa shape index (κ2) is 13.0. The molecule has 1 aliphatic heterocycles. The molecule has 1 fully saturated rings. The standard InChI is InChI=1S/C37H29IN2O5/c1-3-44-33-22-26(21-31(38)34(33)45-23-25-10-5-4-6-11-25)20-30-35(41)39(28-18-16-24(2)17-19-28)37(43)40(36(30)42)32-15-9-13-27-12-7-8-14-29(27)32/h4-22H,3,23H2,1-2H3/b30-20+. The van der Waals surface area contributed by atoms with E-state index < -0.39 is 17.8 Å². The molecule has 1 saturated heterocycles. The molecule has 0 radical (unpaired) electrons. The van der Waals surface area contributed by atoms with Crippen LogP contribution in [0.25, 0.3) is 16.8 Å². The van der Waals surface area contributed by atoms with E-state index in [9.17, 15) is 14.4 Å². The number of hydrogen-bond donors (Lipinski definition) is 0. The van der Waals surface area contributed by atoms with Crippen molar-refractivity contribution in [2.24, 2.45) is 0 Å². The number of hydrogen-bond acceptors (Lipinski definition) is 5. The quantitative estimate of drug-likeness (QED) is 0.0921. The molecule has 0 aromatic heterocycles. The van der Waals surface area contributed by atoms with Gasteiger partial charge in [-0.2, -0.15) is 0 Å². The average Bonchev–Trinajstić information content (AvgIpc) is 3.04. The fourth-order valence-corrected chi connectivity index (χ4v) is 6.02. The minimum atomic E-state index is -0.739. The van der Waals surface area contributed by atoms with Gasteiger partial charge in [0.25, 0.3) is 11.8 Å². The third kappa shape index (κ3) is 6.06. The van der Waals surface area contributed by atoms with Crippen LogP contribution >= 0.6 is 22.6 Å². The Morgan fingerprint density at radius 3 is 2.20 bits per heavy atom. The van der Waals surface area contributed by atoms with E-state index in [2.05, 4.69) is 22.6 Å². The number of anilines is 2. The maximum atomic E-state index is 14.2. The van der Waals surface area contributed by atoms with Gasteiger partial charge in [-0.1, -0.05) is 84.4 Å². The fraction of sp³-hybridized carbons (Fsp3) is 0.108. The van der Waals surface area contributed by atoms with Crippen LogP contribution in [0.5, 0.6) is 11.5 Å². The van der Waals surface area contributed by atoms with E-state index in [1.807, 2.05) is 92.7 Å². The summed E-state index contributed by atoms with van der Waals surface area (Å²) in [6.07, 6.45) is 1.52. The van der Waals surface area contributed by atoms with Gasteiger partial charge in [0.2, 0.25) is 0 Å². The summed E-state index contributed by atoms with van der Waals surface area (Å²) in [4.78, 5) is 44.4. The van der Waals surface area contributed by atoms with Crippen molar-refractivity contribution in [1.82, 2.24) is 0 Å². The molecule has 1 aliphatic rings. The summed E-state index contributed by atoms with van der Waals surface area (Å²) in [7, 11) is 0. The van der Waals surface area contributed by atoms with Gasteiger partial charge in [-0.15, -0.1) is 0 Å². The Kier molecular flexibility index (Phi) is 8.66. The first-order valence-electron chi connectivity index (χ1n) is 14.5. The maximum absolute atomic E-state index is 14.2. The lowest BCUT2D eigenvalue weighted by atomic mass is 10.0. The molecule has 8 heteroatoms. The minimum absolute atomic E-state index is 0.153. The van der Waals surface area contributed by atoms with Gasteiger partial charge in [-0.3, -0.25) is 9.59 Å². The largest absolute Gasteiger partial charge is 0.490 e. The van der Waals surface area contributed by atoms with E-state index in [1.54, 1.807) is 30.3 Å². The van der Waals surface area contributed by atoms with Gasteiger partial charge >= 0.3 is 6.03 Å². The Morgan fingerprint density at radius 1 is 0.756 bits per heavy atom. The number of rotatable bonds is 8. The molecule has 1 heterocycles. The van der Waals surface area contributed by atoms with Crippen LogP contribution < -0.4 is 19.3 Å². The normalized spacial score (nSPS) is 14.4. The van der Waals surface area contributed by atoms with Gasteiger partial charge in [-0.25, -0.2) is 14.6 Å². The predicted octanol–water partition coefficient (Wildman–Crippen LogP) is 8.31. The highest BCUT2D eigenvalue weighted by Gasteiger charge is 2.44. The van der Waals surface area contributed by atoms with Crippen LogP contribution in [-0.4, -0.2) is 24.5 Å². The van der Waals surface area contributed by atoms with E-state index in [0.29, 0.717) is 47.0 Å². The molecule has 6 rings (SSSR count). The molecule has 0 unspecified atom stereocenters. The number of imide groups is 2. The van der Waals surface area contributed by atoms with Crippen molar-refractivity contribution in [3.05, 3.63) is 135 Å². The van der Waals surface area contributed by atoms with Crippen molar-refractivity contribution in [1.29, 1.82) is 0 Å². The number of benzene rings is 5. The number of fused-ring (bicyclic) bond motifs is 1. The second-order valence-corrected chi connectivity index (χ2v) is 11.7. The molecular weight excluding hydrogens is 679 g/mol. The van der Waals surface area contributed by atoms with Gasteiger partial charge in [0.15, 0.2) is 11.5 Å². The number of aryl methyl sites for hydroxylation is 1. The summed E-state index contributed by atoms with van der Waals surface area (Å²) in [6.45, 7) is 4.54. The van der Waals surface area contributed by atoms with Crippen LogP contribution in [-0.2, 0) is 16.2 Å². The van der Waals surface area contributed by atoms with E-state index >= 15 is 0 Å². The van der Waals surface area contributed by atoms with E-state index in [1.165, 1.54) is 6.08 Å². The Bertz CT molecular complexity index is 1950. The summed E-state index contributed by atoms with van der Waals surface area (Å²) in [5.41, 5.74) is 3.15. The summed E-state index contributed by atoms with van der Waals surface area (Å²) in [5, 5.41) is 1.58. The zero-order valence-corrected chi connectivity index (χ0v) is 26.9. The van der Waals surface area contributed by atoms with E-state index in [-0.39, 0.29) is 5.57 Å². The zero-order chi connectivity index (χ0) is 31.5. The Balaban J connectivity index is 1.46. The fourth-order valence-electron chi connectivity index (χ4n) is 5.24. The Hall–Kier alpha value is -4.96. The average molecular weight is 709 g/mol. The second-order valence-electron chi connectivity index (χ2n) is 10.5. The molecule has 0 bridgehead atoms. The molecule has 0 atom stereocenters. The van der Waals surface area contributed by atoms with Gasteiger partial charge in [0, 0.05) is 5.39 Å². The monoisotopic (exact) mass is 708 g/mol. The molecule has 5 aromatic carbocycles. The molecular formula is C37H29IN2O5. The van der Waals surface area contributed by atoms with Crippen LogP contribution in [0.2, 0.25) is 0 Å². The summed E-state index contributed by atoms with van der Waals surface area (Å²) >= 11 is 2.16. The number of carbonyl (C=O) groups excluding carboxylic acids is 3. The number of carbonyl (C=O) groups is 3. The lowest BCUT2D eigenvalue weighted by Gasteiger charge is -2.34. The molecule has 45 heavy (non-hydrogen) atoms. The van der Waals surface area contributed by atoms with Gasteiger partial charge < -0.3 is 9.47 Å². The van der Waals surface area contributed by atoms with Gasteiger partial charge in [0.1, 0.15) is 12.2 Å². The van der Waals surface area contributed by atoms with Crippen LogP contribution in [0.1, 0.15) is 23.6 Å². The van der Waals surface area contributed by atoms with Gasteiger partial charge in [-0.05, 0) is 89.4 Å². The molecule has 5 aromatic rings. The first-order valence-corrected chi connectivity index (χ1v) is 15.6. The number of urea groups is 1. The van der Waals surface area contributed by atoms with Gasteiger partial charge in [0.05, 0.1) is 21.6 Å². The first-order chi connectivity index (χ1) is 21.9. The van der Waals surface area contributed by atoms with Crippen molar-refractivity contribution in [3.8, 4) is 11.5 Å². The van der Waals surface area contributed by atoms with Crippen molar-refractivity contribution in [2.75, 3.05) is 16.4 Å².